The van der Waals surface area contributed by atoms with Gasteiger partial charge < -0.3 is 25.0 Å². The number of anilines is 1. The lowest BCUT2D eigenvalue weighted by Crippen LogP contribution is -2.41. The Kier molecular flexibility index (Phi) is 4.15. The molecule has 1 aromatic heterocycles. The highest BCUT2D eigenvalue weighted by Gasteiger charge is 2.31. The minimum absolute atomic E-state index is 0.114. The molecular formula is C19H20FN3O4. The summed E-state index contributed by atoms with van der Waals surface area (Å²) in [7, 11) is 1.52. The number of hydrogen-bond donors (Lipinski definition) is 2. The summed E-state index contributed by atoms with van der Waals surface area (Å²) in [6.07, 6.45) is 3.25. The predicted molar refractivity (Wildman–Crippen MR) is 99.4 cm³/mol. The zero-order chi connectivity index (χ0) is 19.3. The van der Waals surface area contributed by atoms with Crippen LogP contribution in [-0.4, -0.2) is 42.4 Å². The number of hydrogen-bond acceptors (Lipinski definition) is 5. The van der Waals surface area contributed by atoms with Crippen molar-refractivity contribution >= 4 is 22.6 Å². The van der Waals surface area contributed by atoms with Gasteiger partial charge in [-0.05, 0) is 25.0 Å². The Morgan fingerprint density at radius 2 is 2.07 bits per heavy atom. The number of rotatable bonds is 5. The molecule has 1 saturated carbocycles. The third-order valence-electron chi connectivity index (χ3n) is 5.17. The number of carboxylic acid groups (broad SMARTS) is 1. The highest BCUT2D eigenvalue weighted by molar-refractivity contribution is 5.97. The number of halogens is 1. The van der Waals surface area contributed by atoms with Crippen LogP contribution in [0.25, 0.3) is 10.9 Å². The Morgan fingerprint density at radius 3 is 2.63 bits per heavy atom. The number of nitrogens with zero attached hydrogens (tertiary/aromatic N) is 2. The highest BCUT2D eigenvalue weighted by atomic mass is 19.1. The van der Waals surface area contributed by atoms with Crippen LogP contribution < -0.4 is 20.8 Å². The van der Waals surface area contributed by atoms with Crippen molar-refractivity contribution in [2.75, 3.05) is 31.6 Å². The van der Waals surface area contributed by atoms with Crippen LogP contribution in [-0.2, 0) is 0 Å². The molecule has 2 heterocycles. The van der Waals surface area contributed by atoms with Gasteiger partial charge in [0.2, 0.25) is 5.43 Å². The van der Waals surface area contributed by atoms with Crippen molar-refractivity contribution in [2.24, 2.45) is 5.73 Å². The van der Waals surface area contributed by atoms with Gasteiger partial charge in [-0.2, -0.15) is 0 Å². The van der Waals surface area contributed by atoms with Gasteiger partial charge in [-0.25, -0.2) is 9.18 Å². The van der Waals surface area contributed by atoms with Gasteiger partial charge in [0, 0.05) is 37.4 Å². The Hall–Kier alpha value is -2.87. The van der Waals surface area contributed by atoms with E-state index in [2.05, 4.69) is 0 Å². The third-order valence-corrected chi connectivity index (χ3v) is 5.17. The van der Waals surface area contributed by atoms with E-state index in [4.69, 9.17) is 10.5 Å². The first-order chi connectivity index (χ1) is 13.0. The summed E-state index contributed by atoms with van der Waals surface area (Å²) in [5.74, 6) is -1.04. The number of ether oxygens (including phenoxy) is 1. The van der Waals surface area contributed by atoms with Gasteiger partial charge >= 0.3 is 5.97 Å². The summed E-state index contributed by atoms with van der Waals surface area (Å²) in [6, 6.07) is 3.50. The predicted octanol–water partition coefficient (Wildman–Crippen LogP) is 2.05. The molecule has 4 rings (SSSR count). The second-order valence-corrected chi connectivity index (χ2v) is 6.90. The molecule has 3 N–H and O–H groups in total. The standard InChI is InChI=1S/C19H20FN3O4/c1-27-18-15(22-7-10(8-22)14(20)6-21)5-4-12-16(18)23(11-2-3-11)9-13(17(12)24)19(25)26/h4-5,9,11H,2-3,6-8,21H2,1H3,(H,25,26). The van der Waals surface area contributed by atoms with E-state index in [1.54, 1.807) is 12.1 Å². The van der Waals surface area contributed by atoms with E-state index in [-0.39, 0.29) is 24.0 Å². The lowest BCUT2D eigenvalue weighted by atomic mass is 10.0. The fraction of sp³-hybridized carbons (Fsp3) is 0.368. The normalized spacial score (nSPS) is 16.4. The molecule has 2 aromatic rings. The van der Waals surface area contributed by atoms with Crippen LogP contribution in [0.15, 0.2) is 34.5 Å². The largest absolute Gasteiger partial charge is 0.492 e. The van der Waals surface area contributed by atoms with Crippen LogP contribution in [0.3, 0.4) is 0 Å². The Bertz CT molecular complexity index is 1030. The van der Waals surface area contributed by atoms with E-state index in [1.165, 1.54) is 13.3 Å². The topological polar surface area (TPSA) is 97.8 Å². The van der Waals surface area contributed by atoms with E-state index < -0.39 is 11.4 Å². The van der Waals surface area contributed by atoms with Crippen molar-refractivity contribution in [3.8, 4) is 5.75 Å². The van der Waals surface area contributed by atoms with Gasteiger partial charge in [-0.15, -0.1) is 0 Å². The molecule has 1 aliphatic carbocycles. The molecule has 0 spiro atoms. The lowest BCUT2D eigenvalue weighted by molar-refractivity contribution is 0.0695. The maximum atomic E-state index is 13.6. The molecule has 0 atom stereocenters. The highest BCUT2D eigenvalue weighted by Crippen LogP contribution is 2.43. The number of aromatic carboxylic acids is 1. The van der Waals surface area contributed by atoms with E-state index in [0.717, 1.165) is 18.5 Å². The number of benzene rings is 1. The van der Waals surface area contributed by atoms with Crippen LogP contribution in [0.1, 0.15) is 29.2 Å². The number of carboxylic acids is 1. The van der Waals surface area contributed by atoms with Crippen molar-refractivity contribution in [1.82, 2.24) is 4.57 Å². The zero-order valence-electron chi connectivity index (χ0n) is 14.9. The number of carbonyl (C=O) groups is 1. The van der Waals surface area contributed by atoms with Gasteiger partial charge in [-0.3, -0.25) is 4.79 Å². The van der Waals surface area contributed by atoms with Gasteiger partial charge in [0.05, 0.1) is 23.7 Å². The SMILES string of the molecule is COc1c(N2CC(=C(F)CN)C2)ccc2c(=O)c(C(=O)O)cn(C3CC3)c12. The lowest BCUT2D eigenvalue weighted by Gasteiger charge is -2.37. The summed E-state index contributed by atoms with van der Waals surface area (Å²) in [4.78, 5) is 26.1. The number of fused-ring (bicyclic) bond motifs is 1. The van der Waals surface area contributed by atoms with Crippen LogP contribution in [0, 0.1) is 0 Å². The number of nitrogens with two attached hydrogens (primary N) is 1. The molecule has 2 fully saturated rings. The Labute approximate surface area is 154 Å². The van der Waals surface area contributed by atoms with Crippen molar-refractivity contribution in [2.45, 2.75) is 18.9 Å². The van der Waals surface area contributed by atoms with Gasteiger partial charge in [0.1, 0.15) is 11.4 Å². The van der Waals surface area contributed by atoms with E-state index in [1.807, 2.05) is 9.47 Å². The average molecular weight is 373 g/mol. The van der Waals surface area contributed by atoms with Gasteiger partial charge in [0.15, 0.2) is 5.75 Å². The number of pyridine rings is 1. The van der Waals surface area contributed by atoms with Gasteiger partial charge in [0.25, 0.3) is 0 Å². The summed E-state index contributed by atoms with van der Waals surface area (Å²) in [5.41, 5.74) is 6.56. The second kappa shape index (κ2) is 6.38. The fourth-order valence-corrected chi connectivity index (χ4v) is 3.55. The van der Waals surface area contributed by atoms with E-state index in [0.29, 0.717) is 35.3 Å². The van der Waals surface area contributed by atoms with E-state index >= 15 is 0 Å². The molecular weight excluding hydrogens is 353 g/mol. The third kappa shape index (κ3) is 2.76. The summed E-state index contributed by atoms with van der Waals surface area (Å²) in [5, 5.41) is 9.68. The van der Waals surface area contributed by atoms with Crippen molar-refractivity contribution in [1.29, 1.82) is 0 Å². The van der Waals surface area contributed by atoms with Crippen molar-refractivity contribution in [3.05, 3.63) is 45.5 Å². The van der Waals surface area contributed by atoms with Crippen LogP contribution in [0.5, 0.6) is 5.75 Å². The second-order valence-electron chi connectivity index (χ2n) is 6.90. The maximum absolute atomic E-state index is 13.6. The molecule has 1 saturated heterocycles. The molecule has 0 amide bonds. The monoisotopic (exact) mass is 373 g/mol. The number of aromatic nitrogens is 1. The summed E-state index contributed by atoms with van der Waals surface area (Å²) < 4.78 is 21.1. The molecule has 7 nitrogen and oxygen atoms in total. The summed E-state index contributed by atoms with van der Waals surface area (Å²) in [6.45, 7) is 0.703. The Morgan fingerprint density at radius 1 is 1.37 bits per heavy atom. The first kappa shape index (κ1) is 17.5. The number of methoxy groups -OCH3 is 1. The van der Waals surface area contributed by atoms with Crippen LogP contribution in [0.4, 0.5) is 10.1 Å². The fourth-order valence-electron chi connectivity index (χ4n) is 3.55. The molecule has 0 bridgehead atoms. The molecule has 1 aliphatic heterocycles. The molecule has 2 aliphatic rings. The Balaban J connectivity index is 1.89. The van der Waals surface area contributed by atoms with Crippen molar-refractivity contribution < 1.29 is 19.0 Å². The molecule has 8 heteroatoms. The summed E-state index contributed by atoms with van der Waals surface area (Å²) >= 11 is 0. The zero-order valence-corrected chi connectivity index (χ0v) is 14.9. The minimum atomic E-state index is -1.24. The first-order valence-corrected chi connectivity index (χ1v) is 8.76. The molecule has 1 aromatic carbocycles. The maximum Gasteiger partial charge on any atom is 0.341 e. The van der Waals surface area contributed by atoms with Crippen LogP contribution >= 0.6 is 0 Å². The first-order valence-electron chi connectivity index (χ1n) is 8.76. The average Bonchev–Trinajstić information content (AvgIpc) is 3.45. The quantitative estimate of drug-likeness (QED) is 0.832. The van der Waals surface area contributed by atoms with E-state index in [9.17, 15) is 19.1 Å². The van der Waals surface area contributed by atoms with Crippen LogP contribution in [0.2, 0.25) is 0 Å². The smallest absolute Gasteiger partial charge is 0.341 e. The molecule has 142 valence electrons. The molecule has 27 heavy (non-hydrogen) atoms. The van der Waals surface area contributed by atoms with Crippen molar-refractivity contribution in [3.63, 3.8) is 0 Å². The molecule has 0 unspecified atom stereocenters. The minimum Gasteiger partial charge on any atom is -0.492 e. The van der Waals surface area contributed by atoms with Gasteiger partial charge in [-0.1, -0.05) is 0 Å². The molecule has 0 radical (unpaired) electrons.